The van der Waals surface area contributed by atoms with Gasteiger partial charge in [0.2, 0.25) is 65.0 Å². The van der Waals surface area contributed by atoms with Gasteiger partial charge in [-0.05, 0) is 115 Å². The zero-order valence-electron chi connectivity index (χ0n) is 52.9. The van der Waals surface area contributed by atoms with Gasteiger partial charge in [-0.3, -0.25) is 52.7 Å². The van der Waals surface area contributed by atoms with Crippen molar-refractivity contribution >= 4 is 76.6 Å². The molecule has 4 N–H and O–H groups in total. The van der Waals surface area contributed by atoms with E-state index in [-0.39, 0.29) is 76.2 Å². The normalized spacial score (nSPS) is 31.3. The van der Waals surface area contributed by atoms with E-state index in [9.17, 15) is 56.3 Å². The predicted molar refractivity (Wildman–Crippen MR) is 315 cm³/mol. The van der Waals surface area contributed by atoms with Gasteiger partial charge in [0.15, 0.2) is 0 Å². The van der Waals surface area contributed by atoms with E-state index in [0.29, 0.717) is 38.5 Å². The highest BCUT2D eigenvalue weighted by Crippen LogP contribution is 2.44. The third-order valence-electron chi connectivity index (χ3n) is 19.2. The zero-order chi connectivity index (χ0) is 64.4. The minimum absolute atomic E-state index is 0.00956. The van der Waals surface area contributed by atoms with E-state index in [1.54, 1.807) is 27.7 Å². The number of carbonyl (C=O) groups is 11. The number of alkyl halides is 4. The standard InChI is InChI=1S/C60H97ClF3N11O11/c1-14-35(4)48-56(84)70(9)32-46(77)69(8)33-47(78)73(12)49(34(2)3)57(85)72(11)38(7)51(79)66-43(26-24-39-23-25-41(42(61)31-39)60(62,63)64)55(83)75-29-19-22-44(75)53(81)68-59(27-17-18-28-59)58(86)74(13)50(40-20-15-16-21-40)54(82)65-36(5)30-45(76)71(10)37(6)52(80)67-48/h34-44,48-50H,14-33H2,1-13H3,(H,65,82)(H,66,79)(H,67,80)(H,68,81)/t35-,36+,37-,38+,39?,41?,42?,43-,44-,48-,49-,50-/m0/s1. The van der Waals surface area contributed by atoms with Crippen LogP contribution in [0.1, 0.15) is 158 Å². The number of nitrogens with one attached hydrogen (secondary N) is 4. The Kier molecular flexibility index (Phi) is 25.1. The van der Waals surface area contributed by atoms with Crippen molar-refractivity contribution in [3.8, 4) is 0 Å². The Bertz CT molecular complexity index is 2480. The Morgan fingerprint density at radius 2 is 1.21 bits per heavy atom. The maximum absolute atomic E-state index is 15.1. The zero-order valence-corrected chi connectivity index (χ0v) is 53.6. The summed E-state index contributed by atoms with van der Waals surface area (Å²) in [5.74, 6) is -9.98. The summed E-state index contributed by atoms with van der Waals surface area (Å²) < 4.78 is 41.6. The van der Waals surface area contributed by atoms with Crippen molar-refractivity contribution in [2.75, 3.05) is 61.9 Å². The van der Waals surface area contributed by atoms with Crippen LogP contribution in [-0.4, -0.2) is 227 Å². The van der Waals surface area contributed by atoms with Crippen molar-refractivity contribution in [2.45, 2.75) is 223 Å². The largest absolute Gasteiger partial charge is 0.393 e. The van der Waals surface area contributed by atoms with Gasteiger partial charge in [0.25, 0.3) is 0 Å². The molecule has 3 aliphatic carbocycles. The van der Waals surface area contributed by atoms with E-state index in [4.69, 9.17) is 11.6 Å². The summed E-state index contributed by atoms with van der Waals surface area (Å²) >= 11 is 6.34. The SMILES string of the molecule is CC[C@H](C)[C@@H]1NC(=O)[C@H](C)N(C)C(=O)C[C@@H](C)NC(=O)[C@H](C2CCCC2)N(C)C(=O)C2(CCCC2)NC(=O)[C@@H]2CCCN2C(=O)[C@H](CCC2CCC(C(F)(F)F)C(Cl)C2)NC(=O)[C@@H](C)N(C)C(=O)[C@H](C(C)C)N(C)C(=O)CN(C)C(=O)CN(C)C1=O. The van der Waals surface area contributed by atoms with Crippen molar-refractivity contribution in [1.82, 2.24) is 55.6 Å². The van der Waals surface area contributed by atoms with E-state index >= 15 is 9.59 Å². The molecule has 486 valence electrons. The summed E-state index contributed by atoms with van der Waals surface area (Å²) in [7, 11) is 8.46. The van der Waals surface area contributed by atoms with Crippen molar-refractivity contribution in [3.05, 3.63) is 0 Å². The molecule has 3 unspecified atom stereocenters. The van der Waals surface area contributed by atoms with Gasteiger partial charge in [-0.15, -0.1) is 11.6 Å². The van der Waals surface area contributed by atoms with Gasteiger partial charge in [0.1, 0.15) is 47.8 Å². The number of likely N-dealkylation sites (N-methyl/N-ethyl adjacent to an activating group) is 6. The molecule has 5 rings (SSSR count). The van der Waals surface area contributed by atoms with E-state index in [0.717, 1.165) is 27.5 Å². The van der Waals surface area contributed by atoms with Gasteiger partial charge in [-0.1, -0.05) is 59.8 Å². The highest BCUT2D eigenvalue weighted by molar-refractivity contribution is 6.20. The molecule has 86 heavy (non-hydrogen) atoms. The van der Waals surface area contributed by atoms with E-state index in [1.807, 2.05) is 6.92 Å². The molecule has 0 aromatic carbocycles. The summed E-state index contributed by atoms with van der Waals surface area (Å²) in [6, 6.07) is -8.85. The van der Waals surface area contributed by atoms with Crippen LogP contribution in [0.5, 0.6) is 0 Å². The van der Waals surface area contributed by atoms with Crippen molar-refractivity contribution in [2.24, 2.45) is 29.6 Å². The Morgan fingerprint density at radius 1 is 0.616 bits per heavy atom. The summed E-state index contributed by atoms with van der Waals surface area (Å²) in [6.45, 7) is 10.6. The van der Waals surface area contributed by atoms with Gasteiger partial charge in [-0.2, -0.15) is 13.2 Å². The first-order valence-electron chi connectivity index (χ1n) is 31.0. The first-order chi connectivity index (χ1) is 40.2. The van der Waals surface area contributed by atoms with Crippen LogP contribution in [-0.2, 0) is 52.7 Å². The van der Waals surface area contributed by atoms with Crippen LogP contribution in [0.25, 0.3) is 0 Å². The summed E-state index contributed by atoms with van der Waals surface area (Å²) in [5, 5.41) is 10.4. The molecular formula is C60H97ClF3N11O11. The number of halogens is 4. The molecule has 1 spiro atoms. The second-order valence-corrected chi connectivity index (χ2v) is 26.3. The predicted octanol–water partition coefficient (Wildman–Crippen LogP) is 3.81. The first kappa shape index (κ1) is 71.0. The fraction of sp³-hybridized carbons (Fsp3) is 0.817. The molecule has 0 bridgehead atoms. The van der Waals surface area contributed by atoms with Gasteiger partial charge in [0, 0.05) is 66.7 Å². The molecule has 2 saturated heterocycles. The molecule has 12 atom stereocenters. The van der Waals surface area contributed by atoms with Crippen molar-refractivity contribution in [1.29, 1.82) is 0 Å². The molecule has 0 radical (unpaired) electrons. The summed E-state index contributed by atoms with van der Waals surface area (Å²) in [5.41, 5.74) is -1.46. The number of nitrogens with zero attached hydrogens (tertiary/aromatic N) is 7. The Morgan fingerprint density at radius 3 is 1.79 bits per heavy atom. The number of hydrogen-bond acceptors (Lipinski definition) is 11. The second-order valence-electron chi connectivity index (χ2n) is 25.8. The van der Waals surface area contributed by atoms with Crippen LogP contribution in [0.3, 0.4) is 0 Å². The number of amides is 11. The smallest absolute Gasteiger partial charge is 0.351 e. The molecule has 11 amide bonds. The quantitative estimate of drug-likeness (QED) is 0.267. The van der Waals surface area contributed by atoms with E-state index < -0.39 is 161 Å². The molecule has 5 aliphatic rings. The maximum Gasteiger partial charge on any atom is 0.393 e. The molecular weight excluding hydrogens is 1140 g/mol. The summed E-state index contributed by atoms with van der Waals surface area (Å²) in [6.07, 6.45) is 0.930. The van der Waals surface area contributed by atoms with Crippen LogP contribution in [0.15, 0.2) is 0 Å². The second kappa shape index (κ2) is 30.4. The first-order valence-corrected chi connectivity index (χ1v) is 31.4. The van der Waals surface area contributed by atoms with Crippen molar-refractivity contribution in [3.63, 3.8) is 0 Å². The van der Waals surface area contributed by atoms with Gasteiger partial charge >= 0.3 is 6.18 Å². The Labute approximate surface area is 510 Å². The van der Waals surface area contributed by atoms with Crippen LogP contribution in [0.4, 0.5) is 13.2 Å². The molecule has 2 heterocycles. The van der Waals surface area contributed by atoms with Crippen LogP contribution in [0.2, 0.25) is 0 Å². The number of rotatable bonds is 7. The minimum Gasteiger partial charge on any atom is -0.351 e. The lowest BCUT2D eigenvalue weighted by molar-refractivity contribution is -0.182. The van der Waals surface area contributed by atoms with Crippen molar-refractivity contribution < 1.29 is 65.9 Å². The monoisotopic (exact) mass is 1240 g/mol. The van der Waals surface area contributed by atoms with Gasteiger partial charge < -0.3 is 55.6 Å². The molecule has 0 aromatic heterocycles. The van der Waals surface area contributed by atoms with Gasteiger partial charge in [-0.25, -0.2) is 0 Å². The number of carbonyl (C=O) groups excluding carboxylic acids is 11. The lowest BCUT2D eigenvalue weighted by atomic mass is 9.78. The molecule has 0 aromatic rings. The highest BCUT2D eigenvalue weighted by Gasteiger charge is 2.51. The van der Waals surface area contributed by atoms with E-state index in [2.05, 4.69) is 21.3 Å². The Balaban J connectivity index is 1.51. The highest BCUT2D eigenvalue weighted by atomic mass is 35.5. The van der Waals surface area contributed by atoms with Crippen LogP contribution >= 0.6 is 11.6 Å². The molecule has 5 fully saturated rings. The lowest BCUT2D eigenvalue weighted by Gasteiger charge is -2.40. The average Bonchev–Trinajstić information content (AvgIpc) is 1.81. The van der Waals surface area contributed by atoms with Crippen LogP contribution < -0.4 is 21.3 Å². The third-order valence-corrected chi connectivity index (χ3v) is 19.7. The summed E-state index contributed by atoms with van der Waals surface area (Å²) in [4.78, 5) is 167. The third kappa shape index (κ3) is 17.1. The number of hydrogen-bond donors (Lipinski definition) is 4. The fourth-order valence-corrected chi connectivity index (χ4v) is 13.7. The van der Waals surface area contributed by atoms with E-state index in [1.165, 1.54) is 75.7 Å². The van der Waals surface area contributed by atoms with Crippen LogP contribution in [0, 0.1) is 29.6 Å². The topological polar surface area (TPSA) is 259 Å². The molecule has 26 heteroatoms. The molecule has 22 nitrogen and oxygen atoms in total. The van der Waals surface area contributed by atoms with Gasteiger partial charge in [0.05, 0.1) is 19.0 Å². The minimum atomic E-state index is -4.49. The Hall–Kier alpha value is -5.75. The lowest BCUT2D eigenvalue weighted by Crippen LogP contribution is -2.64. The maximum atomic E-state index is 15.1. The fourth-order valence-electron chi connectivity index (χ4n) is 13.2. The number of fused-ring (bicyclic) bond motifs is 1. The molecule has 3 saturated carbocycles. The average molecular weight is 1240 g/mol. The molecule has 2 aliphatic heterocycles.